The number of Topliss-reactive ketones (excluding diaryl/α,β-unsaturated/α-hetero) is 1. The van der Waals surface area contributed by atoms with E-state index in [2.05, 4.69) is 26.6 Å². The third-order valence-corrected chi connectivity index (χ3v) is 4.55. The van der Waals surface area contributed by atoms with Gasteiger partial charge in [-0.05, 0) is 31.6 Å². The summed E-state index contributed by atoms with van der Waals surface area (Å²) in [5.74, 6) is 0.0247. The number of hydrogen-bond acceptors (Lipinski definition) is 2. The molecule has 0 saturated heterocycles. The van der Waals surface area contributed by atoms with Gasteiger partial charge in [-0.25, -0.2) is 0 Å². The summed E-state index contributed by atoms with van der Waals surface area (Å²) in [7, 11) is -1.57. The summed E-state index contributed by atoms with van der Waals surface area (Å²) in [5.41, 5.74) is 0.585. The first-order valence-corrected chi connectivity index (χ1v) is 7.83. The van der Waals surface area contributed by atoms with Crippen LogP contribution in [0.1, 0.15) is 20.3 Å². The molecule has 0 radical (unpaired) electrons. The predicted molar refractivity (Wildman–Crippen MR) is 58.4 cm³/mol. The Morgan fingerprint density at radius 3 is 2.38 bits per heavy atom. The first-order valence-electron chi connectivity index (χ1n) is 4.71. The second-order valence-corrected chi connectivity index (χ2v) is 8.31. The Balaban J connectivity index is 3.87. The van der Waals surface area contributed by atoms with Crippen molar-refractivity contribution in [2.24, 2.45) is 0 Å². The molecule has 0 bridgehead atoms. The van der Waals surface area contributed by atoms with Crippen molar-refractivity contribution in [3.63, 3.8) is 0 Å². The van der Waals surface area contributed by atoms with E-state index < -0.39 is 8.32 Å². The van der Waals surface area contributed by atoms with Gasteiger partial charge in [0.15, 0.2) is 14.1 Å². The quantitative estimate of drug-likeness (QED) is 0.487. The molecule has 0 spiro atoms. The molecule has 0 amide bonds. The van der Waals surface area contributed by atoms with E-state index in [0.717, 1.165) is 12.5 Å². The van der Waals surface area contributed by atoms with Gasteiger partial charge < -0.3 is 4.43 Å². The van der Waals surface area contributed by atoms with Gasteiger partial charge in [0.2, 0.25) is 0 Å². The Kier molecular flexibility index (Phi) is 5.18. The van der Waals surface area contributed by atoms with Crippen molar-refractivity contribution < 1.29 is 9.22 Å². The van der Waals surface area contributed by atoms with E-state index in [4.69, 9.17) is 4.43 Å². The summed E-state index contributed by atoms with van der Waals surface area (Å²) in [6.07, 6.45) is 1.13. The van der Waals surface area contributed by atoms with Crippen molar-refractivity contribution in [3.8, 4) is 0 Å². The Morgan fingerprint density at radius 2 is 2.00 bits per heavy atom. The van der Waals surface area contributed by atoms with Crippen molar-refractivity contribution in [1.29, 1.82) is 0 Å². The van der Waals surface area contributed by atoms with Gasteiger partial charge in [0.1, 0.15) is 0 Å². The zero-order valence-electron chi connectivity index (χ0n) is 9.14. The average molecular weight is 200 g/mol. The summed E-state index contributed by atoms with van der Waals surface area (Å²) >= 11 is 0. The molecule has 13 heavy (non-hydrogen) atoms. The molecule has 2 nitrogen and oxygen atoms in total. The van der Waals surface area contributed by atoms with E-state index in [0.29, 0.717) is 5.57 Å². The second kappa shape index (κ2) is 5.35. The third kappa shape index (κ3) is 5.77. The first kappa shape index (κ1) is 12.6. The highest BCUT2D eigenvalue weighted by Gasteiger charge is 2.22. The highest BCUT2D eigenvalue weighted by molar-refractivity contribution is 6.71. The number of hydrogen-bond donors (Lipinski definition) is 0. The van der Waals surface area contributed by atoms with Crippen molar-refractivity contribution in [2.75, 3.05) is 6.61 Å². The molecule has 0 aromatic carbocycles. The largest absolute Gasteiger partial charge is 0.410 e. The molecule has 0 fully saturated rings. The van der Waals surface area contributed by atoms with E-state index in [1.54, 1.807) is 6.92 Å². The molecule has 76 valence electrons. The number of carbonyl (C=O) groups is 1. The van der Waals surface area contributed by atoms with Gasteiger partial charge in [-0.15, -0.1) is 0 Å². The van der Waals surface area contributed by atoms with Crippen LogP contribution in [0.15, 0.2) is 12.2 Å². The molecule has 0 aliphatic rings. The van der Waals surface area contributed by atoms with E-state index in [9.17, 15) is 4.79 Å². The molecule has 0 atom stereocenters. The van der Waals surface area contributed by atoms with Crippen molar-refractivity contribution in [2.45, 2.75) is 39.4 Å². The minimum Gasteiger partial charge on any atom is -0.410 e. The van der Waals surface area contributed by atoms with Gasteiger partial charge in [0.05, 0.1) is 6.61 Å². The number of carbonyl (C=O) groups excluding carboxylic acids is 1. The fourth-order valence-corrected chi connectivity index (χ4v) is 2.93. The van der Waals surface area contributed by atoms with E-state index in [1.807, 2.05) is 0 Å². The van der Waals surface area contributed by atoms with Crippen LogP contribution in [-0.4, -0.2) is 20.7 Å². The van der Waals surface area contributed by atoms with Crippen molar-refractivity contribution >= 4 is 14.1 Å². The molecule has 0 saturated carbocycles. The van der Waals surface area contributed by atoms with Gasteiger partial charge in [-0.1, -0.05) is 19.9 Å². The number of rotatable bonds is 6. The lowest BCUT2D eigenvalue weighted by molar-refractivity contribution is -0.117. The van der Waals surface area contributed by atoms with Crippen molar-refractivity contribution in [1.82, 2.24) is 0 Å². The molecule has 0 aromatic heterocycles. The lowest BCUT2D eigenvalue weighted by atomic mass is 10.2. The summed E-state index contributed by atoms with van der Waals surface area (Å²) in [5, 5.41) is 0. The minimum atomic E-state index is -1.57. The van der Waals surface area contributed by atoms with Crippen LogP contribution in [0.3, 0.4) is 0 Å². The van der Waals surface area contributed by atoms with Crippen LogP contribution in [0.5, 0.6) is 0 Å². The topological polar surface area (TPSA) is 26.3 Å². The van der Waals surface area contributed by atoms with E-state index >= 15 is 0 Å². The number of ketones is 1. The Bertz CT molecular complexity index is 197. The molecule has 0 rings (SSSR count). The lowest BCUT2D eigenvalue weighted by Crippen LogP contribution is -2.32. The molecule has 0 unspecified atom stereocenters. The van der Waals surface area contributed by atoms with Crippen LogP contribution in [0.2, 0.25) is 19.1 Å². The van der Waals surface area contributed by atoms with Gasteiger partial charge in [-0.2, -0.15) is 0 Å². The maximum atomic E-state index is 11.2. The zero-order valence-corrected chi connectivity index (χ0v) is 10.1. The molecular formula is C10H20O2Si. The fourth-order valence-electron chi connectivity index (χ4n) is 1.06. The highest BCUT2D eigenvalue weighted by atomic mass is 28.4. The van der Waals surface area contributed by atoms with Crippen LogP contribution >= 0.6 is 0 Å². The van der Waals surface area contributed by atoms with E-state index in [1.165, 1.54) is 0 Å². The van der Waals surface area contributed by atoms with Gasteiger partial charge in [0, 0.05) is 0 Å². The van der Waals surface area contributed by atoms with Gasteiger partial charge >= 0.3 is 0 Å². The van der Waals surface area contributed by atoms with Crippen LogP contribution < -0.4 is 0 Å². The van der Waals surface area contributed by atoms with Gasteiger partial charge in [-0.3, -0.25) is 4.79 Å². The maximum absolute atomic E-state index is 11.2. The first-order chi connectivity index (χ1) is 5.89. The SMILES string of the molecule is C=C(C)C(=O)CO[Si](C)(C)CCC. The molecule has 0 aromatic rings. The monoisotopic (exact) mass is 200 g/mol. The summed E-state index contributed by atoms with van der Waals surface area (Å²) in [6.45, 7) is 11.9. The average Bonchev–Trinajstić information content (AvgIpc) is 2.00. The third-order valence-electron chi connectivity index (χ3n) is 1.92. The Morgan fingerprint density at radius 1 is 1.46 bits per heavy atom. The Hall–Kier alpha value is -0.413. The summed E-state index contributed by atoms with van der Waals surface area (Å²) in [6, 6.07) is 1.11. The molecule has 3 heteroatoms. The molecule has 0 N–H and O–H groups in total. The van der Waals surface area contributed by atoms with Crippen LogP contribution in [0, 0.1) is 0 Å². The fraction of sp³-hybridized carbons (Fsp3) is 0.700. The summed E-state index contributed by atoms with van der Waals surface area (Å²) in [4.78, 5) is 11.2. The smallest absolute Gasteiger partial charge is 0.187 e. The molecule has 0 aliphatic carbocycles. The van der Waals surface area contributed by atoms with Crippen LogP contribution in [-0.2, 0) is 9.22 Å². The normalized spacial score (nSPS) is 11.4. The standard InChI is InChI=1S/C10H20O2Si/c1-6-7-13(4,5)12-8-10(11)9(2)3/h2,6-8H2,1,3-5H3. The lowest BCUT2D eigenvalue weighted by Gasteiger charge is -2.21. The zero-order chi connectivity index (χ0) is 10.5. The van der Waals surface area contributed by atoms with Crippen molar-refractivity contribution in [3.05, 3.63) is 12.2 Å². The predicted octanol–water partition coefficient (Wildman–Crippen LogP) is 2.76. The Labute approximate surface area is 82.1 Å². The minimum absolute atomic E-state index is 0.0247. The van der Waals surface area contributed by atoms with E-state index in [-0.39, 0.29) is 12.4 Å². The highest BCUT2D eigenvalue weighted by Crippen LogP contribution is 2.13. The van der Waals surface area contributed by atoms with Crippen LogP contribution in [0.4, 0.5) is 0 Å². The maximum Gasteiger partial charge on any atom is 0.187 e. The van der Waals surface area contributed by atoms with Crippen LogP contribution in [0.25, 0.3) is 0 Å². The molecular weight excluding hydrogens is 180 g/mol. The second-order valence-electron chi connectivity index (χ2n) is 4.00. The molecule has 0 heterocycles. The molecule has 0 aliphatic heterocycles. The van der Waals surface area contributed by atoms with Gasteiger partial charge in [0.25, 0.3) is 0 Å². The summed E-state index contributed by atoms with van der Waals surface area (Å²) < 4.78 is 5.62.